The van der Waals surface area contributed by atoms with Gasteiger partial charge < -0.3 is 5.11 Å². The summed E-state index contributed by atoms with van der Waals surface area (Å²) < 4.78 is 0. The van der Waals surface area contributed by atoms with Gasteiger partial charge >= 0.3 is 0 Å². The zero-order valence-corrected chi connectivity index (χ0v) is 4.65. The molecule has 2 unspecified atom stereocenters. The van der Waals surface area contributed by atoms with Gasteiger partial charge in [-0.25, -0.2) is 0 Å². The third-order valence-corrected chi connectivity index (χ3v) is 1.90. The van der Waals surface area contributed by atoms with Crippen LogP contribution in [0.25, 0.3) is 0 Å². The van der Waals surface area contributed by atoms with Crippen LogP contribution in [0.1, 0.15) is 13.3 Å². The Morgan fingerprint density at radius 2 is 2.43 bits per heavy atom. The second-order valence-electron chi connectivity index (χ2n) is 2.71. The first kappa shape index (κ1) is 5.10. The van der Waals surface area contributed by atoms with Gasteiger partial charge in [0.05, 0.1) is 0 Å². The molecule has 1 nitrogen and oxygen atoms in total. The van der Waals surface area contributed by atoms with E-state index in [0.717, 1.165) is 6.42 Å². The van der Waals surface area contributed by atoms with Crippen LogP contribution in [0.15, 0.2) is 0 Å². The number of rotatable bonds is 1. The average Bonchev–Trinajstić information content (AvgIpc) is 2.18. The topological polar surface area (TPSA) is 20.2 Å². The maximum Gasteiger partial charge on any atom is 0.0487 e. The molecule has 1 radical (unpaired) electrons. The van der Waals surface area contributed by atoms with Crippen LogP contribution in [0.3, 0.4) is 0 Å². The van der Waals surface area contributed by atoms with Gasteiger partial charge in [-0.15, -0.1) is 0 Å². The van der Waals surface area contributed by atoms with E-state index in [9.17, 15) is 0 Å². The summed E-state index contributed by atoms with van der Waals surface area (Å²) in [5.74, 6) is 0.512. The van der Waals surface area contributed by atoms with Gasteiger partial charge in [0, 0.05) is 6.61 Å². The summed E-state index contributed by atoms with van der Waals surface area (Å²) in [6.07, 6.45) is 1.10. The molecule has 1 aliphatic carbocycles. The van der Waals surface area contributed by atoms with Crippen LogP contribution < -0.4 is 0 Å². The molecule has 0 aliphatic heterocycles. The van der Waals surface area contributed by atoms with Gasteiger partial charge in [-0.1, -0.05) is 6.92 Å². The van der Waals surface area contributed by atoms with E-state index in [1.165, 1.54) is 0 Å². The molecule has 1 heteroatoms. The minimum atomic E-state index is 0.194. The SMILES string of the molecule is [CH2]C1CC1(C)CO. The lowest BCUT2D eigenvalue weighted by Gasteiger charge is -1.99. The van der Waals surface area contributed by atoms with Crippen molar-refractivity contribution in [1.82, 2.24) is 0 Å². The first-order valence-electron chi connectivity index (χ1n) is 2.63. The Kier molecular flexibility index (Phi) is 0.890. The lowest BCUT2D eigenvalue weighted by molar-refractivity contribution is 0.217. The van der Waals surface area contributed by atoms with E-state index < -0.39 is 0 Å². The van der Waals surface area contributed by atoms with E-state index in [-0.39, 0.29) is 5.41 Å². The minimum Gasteiger partial charge on any atom is -0.396 e. The molecule has 7 heavy (non-hydrogen) atoms. The van der Waals surface area contributed by atoms with E-state index in [1.54, 1.807) is 0 Å². The van der Waals surface area contributed by atoms with E-state index in [0.29, 0.717) is 12.5 Å². The first-order valence-corrected chi connectivity index (χ1v) is 2.63. The normalized spacial score (nSPS) is 49.3. The molecule has 0 aromatic carbocycles. The van der Waals surface area contributed by atoms with Crippen molar-refractivity contribution in [1.29, 1.82) is 0 Å². The molecular formula is C6H11O. The van der Waals surface area contributed by atoms with Crippen LogP contribution in [-0.2, 0) is 0 Å². The molecule has 0 aromatic heterocycles. The molecule has 1 saturated carbocycles. The van der Waals surface area contributed by atoms with Crippen LogP contribution >= 0.6 is 0 Å². The van der Waals surface area contributed by atoms with Crippen molar-refractivity contribution >= 4 is 0 Å². The van der Waals surface area contributed by atoms with Crippen molar-refractivity contribution in [3.05, 3.63) is 6.92 Å². The summed E-state index contributed by atoms with van der Waals surface area (Å²) >= 11 is 0. The summed E-state index contributed by atoms with van der Waals surface area (Å²) in [5.41, 5.74) is 0.194. The van der Waals surface area contributed by atoms with Crippen molar-refractivity contribution < 1.29 is 5.11 Å². The first-order chi connectivity index (χ1) is 3.19. The maximum atomic E-state index is 8.60. The Morgan fingerprint density at radius 3 is 2.43 bits per heavy atom. The lowest BCUT2D eigenvalue weighted by atomic mass is 10.1. The fourth-order valence-electron chi connectivity index (χ4n) is 0.698. The Morgan fingerprint density at radius 1 is 2.00 bits per heavy atom. The fourth-order valence-corrected chi connectivity index (χ4v) is 0.698. The fraction of sp³-hybridized carbons (Fsp3) is 0.833. The van der Waals surface area contributed by atoms with Gasteiger partial charge in [0.25, 0.3) is 0 Å². The molecule has 0 saturated heterocycles. The molecule has 0 spiro atoms. The van der Waals surface area contributed by atoms with E-state index >= 15 is 0 Å². The summed E-state index contributed by atoms with van der Waals surface area (Å²) in [5, 5.41) is 8.60. The van der Waals surface area contributed by atoms with Crippen molar-refractivity contribution in [3.8, 4) is 0 Å². The van der Waals surface area contributed by atoms with Crippen LogP contribution in [-0.4, -0.2) is 11.7 Å². The maximum absolute atomic E-state index is 8.60. The van der Waals surface area contributed by atoms with Gasteiger partial charge in [0.2, 0.25) is 0 Å². The highest BCUT2D eigenvalue weighted by Gasteiger charge is 2.45. The molecular weight excluding hydrogens is 88.1 g/mol. The smallest absolute Gasteiger partial charge is 0.0487 e. The summed E-state index contributed by atoms with van der Waals surface area (Å²) in [4.78, 5) is 0. The lowest BCUT2D eigenvalue weighted by Crippen LogP contribution is -2.01. The van der Waals surface area contributed by atoms with Crippen LogP contribution in [0.4, 0.5) is 0 Å². The highest BCUT2D eigenvalue weighted by Crippen LogP contribution is 2.50. The van der Waals surface area contributed by atoms with Crippen molar-refractivity contribution in [3.63, 3.8) is 0 Å². The molecule has 1 rings (SSSR count). The second-order valence-corrected chi connectivity index (χ2v) is 2.71. The van der Waals surface area contributed by atoms with E-state index in [4.69, 9.17) is 5.11 Å². The predicted octanol–water partition coefficient (Wildman–Crippen LogP) is 0.839. The standard InChI is InChI=1S/C6H11O/c1-5-3-6(5,2)4-7/h5,7H,1,3-4H2,2H3. The third-order valence-electron chi connectivity index (χ3n) is 1.90. The minimum absolute atomic E-state index is 0.194. The van der Waals surface area contributed by atoms with Gasteiger partial charge in [0.1, 0.15) is 0 Å². The largest absolute Gasteiger partial charge is 0.396 e. The molecule has 1 fully saturated rings. The Balaban J connectivity index is 2.36. The summed E-state index contributed by atoms with van der Waals surface area (Å²) in [7, 11) is 0. The Labute approximate surface area is 44.4 Å². The van der Waals surface area contributed by atoms with Gasteiger partial charge in [-0.05, 0) is 24.7 Å². The number of hydrogen-bond donors (Lipinski definition) is 1. The molecule has 41 valence electrons. The zero-order chi connectivity index (χ0) is 5.49. The molecule has 0 heterocycles. The molecule has 1 aliphatic rings. The zero-order valence-electron chi connectivity index (χ0n) is 4.65. The van der Waals surface area contributed by atoms with E-state index in [2.05, 4.69) is 13.8 Å². The monoisotopic (exact) mass is 99.1 g/mol. The molecule has 2 atom stereocenters. The van der Waals surface area contributed by atoms with Crippen molar-refractivity contribution in [2.45, 2.75) is 13.3 Å². The van der Waals surface area contributed by atoms with Crippen molar-refractivity contribution in [2.24, 2.45) is 11.3 Å². The van der Waals surface area contributed by atoms with Crippen molar-refractivity contribution in [2.75, 3.05) is 6.61 Å². The summed E-state index contributed by atoms with van der Waals surface area (Å²) in [6, 6.07) is 0. The molecule has 0 aromatic rings. The second kappa shape index (κ2) is 1.22. The van der Waals surface area contributed by atoms with Crippen LogP contribution in [0.2, 0.25) is 0 Å². The summed E-state index contributed by atoms with van der Waals surface area (Å²) in [6.45, 7) is 6.18. The quantitative estimate of drug-likeness (QED) is 0.516. The van der Waals surface area contributed by atoms with Gasteiger partial charge in [0.15, 0.2) is 0 Å². The highest BCUT2D eigenvalue weighted by molar-refractivity contribution is 4.99. The molecule has 0 amide bonds. The Hall–Kier alpha value is -0.0400. The van der Waals surface area contributed by atoms with Crippen LogP contribution in [0, 0.1) is 18.3 Å². The van der Waals surface area contributed by atoms with Crippen LogP contribution in [0.5, 0.6) is 0 Å². The third kappa shape index (κ3) is 0.653. The Bertz CT molecular complexity index is 76.2. The van der Waals surface area contributed by atoms with E-state index in [1.807, 2.05) is 0 Å². The predicted molar refractivity (Wildman–Crippen MR) is 28.7 cm³/mol. The van der Waals surface area contributed by atoms with Gasteiger partial charge in [-0.2, -0.15) is 0 Å². The number of hydrogen-bond acceptors (Lipinski definition) is 1. The number of aliphatic hydroxyl groups is 1. The van der Waals surface area contributed by atoms with Gasteiger partial charge in [-0.3, -0.25) is 0 Å². The molecule has 0 bridgehead atoms. The average molecular weight is 99.2 g/mol. The number of aliphatic hydroxyl groups excluding tert-OH is 1. The highest BCUT2D eigenvalue weighted by atomic mass is 16.3. The molecule has 1 N–H and O–H groups in total.